The molecule has 1 fully saturated rings. The van der Waals surface area contributed by atoms with Crippen molar-refractivity contribution in [1.29, 1.82) is 0 Å². The Morgan fingerprint density at radius 3 is 2.58 bits per heavy atom. The summed E-state index contributed by atoms with van der Waals surface area (Å²) in [5.41, 5.74) is 0. The highest BCUT2D eigenvalue weighted by atomic mass is 16.5. The van der Waals surface area contributed by atoms with Gasteiger partial charge in [-0.3, -0.25) is 9.59 Å². The lowest BCUT2D eigenvalue weighted by Crippen LogP contribution is -2.45. The minimum Gasteiger partial charge on any atom is -0.363 e. The van der Waals surface area contributed by atoms with Gasteiger partial charge in [-0.2, -0.15) is 0 Å². The van der Waals surface area contributed by atoms with Gasteiger partial charge in [-0.1, -0.05) is 63.4 Å². The Morgan fingerprint density at radius 1 is 1.15 bits per heavy atom. The quantitative estimate of drug-likeness (QED) is 0.586. The van der Waals surface area contributed by atoms with Crippen LogP contribution in [-0.2, 0) is 9.59 Å². The van der Waals surface area contributed by atoms with Crippen LogP contribution in [0.1, 0.15) is 84.0 Å². The second-order valence-corrected chi connectivity index (χ2v) is 7.26. The number of amides is 2. The molecule has 26 heavy (non-hydrogen) atoms. The zero-order valence-corrected chi connectivity index (χ0v) is 16.0. The first-order valence-corrected chi connectivity index (χ1v) is 10.2. The third-order valence-corrected chi connectivity index (χ3v) is 5.10. The molecule has 1 saturated carbocycles. The minimum atomic E-state index is -0.208. The lowest BCUT2D eigenvalue weighted by molar-refractivity contribution is -0.137. The monoisotopic (exact) mass is 363 g/mol. The Bertz CT molecular complexity index is 524. The summed E-state index contributed by atoms with van der Waals surface area (Å²) in [6, 6.07) is 1.79. The average molecular weight is 364 g/mol. The Balaban J connectivity index is 1.83. The minimum absolute atomic E-state index is 0.103. The molecule has 6 heteroatoms. The molecule has 0 spiro atoms. The standard InChI is InChI=1S/C20H33N3O3/c1-2-3-4-5-6-10-13-20(25)23(17-11-8-7-9-12-17)16-19(24)21-18-14-15-26-22-18/h14-15,17H,2-13,16H2,1H3,(H,21,22,24). The highest BCUT2D eigenvalue weighted by Crippen LogP contribution is 2.23. The summed E-state index contributed by atoms with van der Waals surface area (Å²) >= 11 is 0. The van der Waals surface area contributed by atoms with E-state index in [1.807, 2.05) is 0 Å². The van der Waals surface area contributed by atoms with Crippen LogP contribution in [0, 0.1) is 0 Å². The van der Waals surface area contributed by atoms with Gasteiger partial charge in [-0.15, -0.1) is 0 Å². The Labute approximate surface area is 156 Å². The van der Waals surface area contributed by atoms with Crippen LogP contribution < -0.4 is 5.32 Å². The average Bonchev–Trinajstić information content (AvgIpc) is 3.16. The Hall–Kier alpha value is -1.85. The van der Waals surface area contributed by atoms with Gasteiger partial charge in [-0.05, 0) is 19.3 Å². The summed E-state index contributed by atoms with van der Waals surface area (Å²) in [4.78, 5) is 26.9. The van der Waals surface area contributed by atoms with Crippen molar-refractivity contribution in [2.24, 2.45) is 0 Å². The van der Waals surface area contributed by atoms with E-state index >= 15 is 0 Å². The van der Waals surface area contributed by atoms with E-state index in [1.54, 1.807) is 11.0 Å². The van der Waals surface area contributed by atoms with Crippen molar-refractivity contribution in [2.45, 2.75) is 90.0 Å². The zero-order chi connectivity index (χ0) is 18.6. The number of carbonyl (C=O) groups is 2. The van der Waals surface area contributed by atoms with Crippen LogP contribution in [0.2, 0.25) is 0 Å². The van der Waals surface area contributed by atoms with Gasteiger partial charge in [0, 0.05) is 18.5 Å². The van der Waals surface area contributed by atoms with Crippen molar-refractivity contribution in [3.8, 4) is 0 Å². The fourth-order valence-electron chi connectivity index (χ4n) is 3.63. The van der Waals surface area contributed by atoms with Gasteiger partial charge >= 0.3 is 0 Å². The molecule has 0 atom stereocenters. The third-order valence-electron chi connectivity index (χ3n) is 5.10. The number of hydrogen-bond acceptors (Lipinski definition) is 4. The molecule has 6 nitrogen and oxygen atoms in total. The molecule has 1 aromatic rings. The normalized spacial score (nSPS) is 15.0. The number of carbonyl (C=O) groups excluding carboxylic acids is 2. The molecule has 0 unspecified atom stereocenters. The maximum absolute atomic E-state index is 12.8. The van der Waals surface area contributed by atoms with Gasteiger partial charge in [0.2, 0.25) is 11.8 Å². The molecular formula is C20H33N3O3. The molecule has 1 N–H and O–H groups in total. The summed E-state index contributed by atoms with van der Waals surface area (Å²) in [6.07, 6.45) is 14.4. The predicted octanol–water partition coefficient (Wildman–Crippen LogP) is 4.53. The molecule has 0 aliphatic heterocycles. The van der Waals surface area contributed by atoms with E-state index in [0.29, 0.717) is 12.2 Å². The topological polar surface area (TPSA) is 75.4 Å². The summed E-state index contributed by atoms with van der Waals surface area (Å²) in [7, 11) is 0. The number of nitrogens with zero attached hydrogens (tertiary/aromatic N) is 2. The van der Waals surface area contributed by atoms with Gasteiger partial charge in [0.1, 0.15) is 12.8 Å². The van der Waals surface area contributed by atoms with Gasteiger partial charge in [0.25, 0.3) is 0 Å². The van der Waals surface area contributed by atoms with Crippen LogP contribution in [0.5, 0.6) is 0 Å². The zero-order valence-electron chi connectivity index (χ0n) is 16.0. The summed E-state index contributed by atoms with van der Waals surface area (Å²) < 4.78 is 4.73. The van der Waals surface area contributed by atoms with Gasteiger partial charge in [0.15, 0.2) is 5.82 Å². The predicted molar refractivity (Wildman–Crippen MR) is 102 cm³/mol. The molecule has 0 aromatic carbocycles. The van der Waals surface area contributed by atoms with Crippen LogP contribution in [0.3, 0.4) is 0 Å². The number of rotatable bonds is 11. The fraction of sp³-hybridized carbons (Fsp3) is 0.750. The van der Waals surface area contributed by atoms with Crippen LogP contribution >= 0.6 is 0 Å². The molecule has 0 bridgehead atoms. The molecule has 0 saturated heterocycles. The maximum Gasteiger partial charge on any atom is 0.245 e. The number of nitrogens with one attached hydrogen (secondary N) is 1. The number of anilines is 1. The van der Waals surface area contributed by atoms with Crippen LogP contribution in [-0.4, -0.2) is 34.5 Å². The van der Waals surface area contributed by atoms with E-state index in [4.69, 9.17) is 4.52 Å². The molecule has 0 radical (unpaired) electrons. The van der Waals surface area contributed by atoms with Crippen LogP contribution in [0.25, 0.3) is 0 Å². The Kier molecular flexibility index (Phi) is 9.21. The molecule has 1 aliphatic rings. The smallest absolute Gasteiger partial charge is 0.245 e. The van der Waals surface area contributed by atoms with Crippen molar-refractivity contribution < 1.29 is 14.1 Å². The first-order chi connectivity index (χ1) is 12.7. The second kappa shape index (κ2) is 11.7. The van der Waals surface area contributed by atoms with E-state index in [-0.39, 0.29) is 24.4 Å². The summed E-state index contributed by atoms with van der Waals surface area (Å²) in [6.45, 7) is 2.31. The summed E-state index contributed by atoms with van der Waals surface area (Å²) in [5, 5.41) is 6.39. The molecular weight excluding hydrogens is 330 g/mol. The summed E-state index contributed by atoms with van der Waals surface area (Å²) in [5.74, 6) is 0.297. The highest BCUT2D eigenvalue weighted by molar-refractivity contribution is 5.93. The van der Waals surface area contributed by atoms with Gasteiger partial charge in [0.05, 0.1) is 0 Å². The SMILES string of the molecule is CCCCCCCCC(=O)N(CC(=O)Nc1ccon1)C1CCCCC1. The molecule has 1 aliphatic carbocycles. The fourth-order valence-corrected chi connectivity index (χ4v) is 3.63. The van der Waals surface area contributed by atoms with Crippen molar-refractivity contribution in [1.82, 2.24) is 10.1 Å². The van der Waals surface area contributed by atoms with Crippen molar-refractivity contribution in [3.63, 3.8) is 0 Å². The van der Waals surface area contributed by atoms with E-state index in [9.17, 15) is 9.59 Å². The van der Waals surface area contributed by atoms with Crippen molar-refractivity contribution in [2.75, 3.05) is 11.9 Å². The highest BCUT2D eigenvalue weighted by Gasteiger charge is 2.27. The largest absolute Gasteiger partial charge is 0.363 e. The second-order valence-electron chi connectivity index (χ2n) is 7.26. The first kappa shape index (κ1) is 20.5. The van der Waals surface area contributed by atoms with E-state index < -0.39 is 0 Å². The lowest BCUT2D eigenvalue weighted by Gasteiger charge is -2.34. The maximum atomic E-state index is 12.8. The van der Waals surface area contributed by atoms with Gasteiger partial charge < -0.3 is 14.7 Å². The molecule has 1 aromatic heterocycles. The Morgan fingerprint density at radius 2 is 1.88 bits per heavy atom. The van der Waals surface area contributed by atoms with Gasteiger partial charge in [-0.25, -0.2) is 0 Å². The molecule has 2 rings (SSSR count). The van der Waals surface area contributed by atoms with Crippen LogP contribution in [0.15, 0.2) is 16.9 Å². The van der Waals surface area contributed by atoms with Crippen LogP contribution in [0.4, 0.5) is 5.82 Å². The van der Waals surface area contributed by atoms with Crippen molar-refractivity contribution in [3.05, 3.63) is 12.3 Å². The third kappa shape index (κ3) is 7.18. The van der Waals surface area contributed by atoms with Crippen molar-refractivity contribution >= 4 is 17.6 Å². The number of unbranched alkanes of at least 4 members (excludes halogenated alkanes) is 5. The number of hydrogen-bond donors (Lipinski definition) is 1. The molecule has 1 heterocycles. The lowest BCUT2D eigenvalue weighted by atomic mass is 9.93. The van der Waals surface area contributed by atoms with E-state index in [1.165, 1.54) is 38.4 Å². The molecule has 2 amide bonds. The van der Waals surface area contributed by atoms with E-state index in [2.05, 4.69) is 17.4 Å². The first-order valence-electron chi connectivity index (χ1n) is 10.2. The number of aromatic nitrogens is 1. The van der Waals surface area contributed by atoms with E-state index in [0.717, 1.165) is 38.5 Å². The molecule has 146 valence electrons.